The SMILES string of the molecule is Cc1noc(C)c1C(=O)ON=C(N)c1ccc(OC(F)(F)F)cc1. The molecule has 0 fully saturated rings. The van der Waals surface area contributed by atoms with Crippen LogP contribution in [0.1, 0.15) is 27.4 Å². The fourth-order valence-corrected chi connectivity index (χ4v) is 1.79. The van der Waals surface area contributed by atoms with Gasteiger partial charge in [0.2, 0.25) is 0 Å². The van der Waals surface area contributed by atoms with Gasteiger partial charge in [-0.1, -0.05) is 10.3 Å². The highest BCUT2D eigenvalue weighted by molar-refractivity contribution is 5.98. The molecule has 0 radical (unpaired) electrons. The van der Waals surface area contributed by atoms with Crippen molar-refractivity contribution >= 4 is 11.8 Å². The maximum atomic E-state index is 12.1. The fraction of sp³-hybridized carbons (Fsp3) is 0.214. The Balaban J connectivity index is 2.07. The summed E-state index contributed by atoms with van der Waals surface area (Å²) in [4.78, 5) is 16.6. The number of nitrogens with two attached hydrogens (primary N) is 1. The number of carbonyl (C=O) groups is 1. The molecular weight excluding hydrogens is 331 g/mol. The largest absolute Gasteiger partial charge is 0.573 e. The van der Waals surface area contributed by atoms with E-state index in [1.165, 1.54) is 19.1 Å². The Bertz CT molecular complexity index is 747. The van der Waals surface area contributed by atoms with E-state index in [1.807, 2.05) is 0 Å². The second-order valence-corrected chi connectivity index (χ2v) is 4.63. The van der Waals surface area contributed by atoms with E-state index in [2.05, 4.69) is 19.9 Å². The zero-order valence-electron chi connectivity index (χ0n) is 12.5. The molecule has 0 spiro atoms. The van der Waals surface area contributed by atoms with E-state index in [9.17, 15) is 18.0 Å². The molecule has 1 aromatic heterocycles. The molecule has 0 aliphatic rings. The molecule has 24 heavy (non-hydrogen) atoms. The minimum absolute atomic E-state index is 0.125. The molecule has 0 atom stereocenters. The highest BCUT2D eigenvalue weighted by Crippen LogP contribution is 2.22. The van der Waals surface area contributed by atoms with Gasteiger partial charge in [0.15, 0.2) is 5.84 Å². The molecule has 0 unspecified atom stereocenters. The molecule has 0 saturated carbocycles. The summed E-state index contributed by atoms with van der Waals surface area (Å²) < 4.78 is 44.8. The lowest BCUT2D eigenvalue weighted by molar-refractivity contribution is -0.274. The Labute approximate surface area is 133 Å². The lowest BCUT2D eigenvalue weighted by Gasteiger charge is -2.08. The van der Waals surface area contributed by atoms with Crippen molar-refractivity contribution in [1.29, 1.82) is 0 Å². The smallest absolute Gasteiger partial charge is 0.406 e. The topological polar surface area (TPSA) is 99.9 Å². The van der Waals surface area contributed by atoms with E-state index in [-0.39, 0.29) is 22.7 Å². The molecule has 0 aliphatic heterocycles. The van der Waals surface area contributed by atoms with Crippen LogP contribution in [0, 0.1) is 13.8 Å². The molecular formula is C14H12F3N3O4. The van der Waals surface area contributed by atoms with Crippen LogP contribution in [0.25, 0.3) is 0 Å². The number of nitrogens with zero attached hydrogens (tertiary/aromatic N) is 2. The van der Waals surface area contributed by atoms with Gasteiger partial charge in [-0.25, -0.2) is 4.79 Å². The van der Waals surface area contributed by atoms with Crippen molar-refractivity contribution in [3.8, 4) is 5.75 Å². The molecule has 2 rings (SSSR count). The number of benzene rings is 1. The number of carbonyl (C=O) groups excluding carboxylic acids is 1. The average molecular weight is 343 g/mol. The molecule has 1 heterocycles. The summed E-state index contributed by atoms with van der Waals surface area (Å²) in [6.07, 6.45) is -4.79. The fourth-order valence-electron chi connectivity index (χ4n) is 1.79. The predicted octanol–water partition coefficient (Wildman–Crippen LogP) is 2.67. The summed E-state index contributed by atoms with van der Waals surface area (Å²) >= 11 is 0. The van der Waals surface area contributed by atoms with Crippen molar-refractivity contribution in [2.45, 2.75) is 20.2 Å². The number of alkyl halides is 3. The van der Waals surface area contributed by atoms with Crippen LogP contribution in [0.4, 0.5) is 13.2 Å². The number of halogens is 3. The minimum Gasteiger partial charge on any atom is -0.406 e. The summed E-state index contributed by atoms with van der Waals surface area (Å²) in [6.45, 7) is 3.09. The number of aromatic nitrogens is 1. The van der Waals surface area contributed by atoms with Gasteiger partial charge in [0.1, 0.15) is 17.1 Å². The number of oxime groups is 1. The number of hydrogen-bond acceptors (Lipinski definition) is 6. The van der Waals surface area contributed by atoms with E-state index in [1.54, 1.807) is 6.92 Å². The molecule has 2 N–H and O–H groups in total. The van der Waals surface area contributed by atoms with Crippen molar-refractivity contribution in [2.24, 2.45) is 10.9 Å². The lowest BCUT2D eigenvalue weighted by atomic mass is 10.2. The molecule has 1 aromatic carbocycles. The third kappa shape index (κ3) is 4.24. The van der Waals surface area contributed by atoms with Crippen molar-refractivity contribution in [3.63, 3.8) is 0 Å². The second kappa shape index (κ2) is 6.60. The third-order valence-corrected chi connectivity index (χ3v) is 2.85. The maximum Gasteiger partial charge on any atom is 0.573 e. The van der Waals surface area contributed by atoms with Crippen LogP contribution in [-0.4, -0.2) is 23.3 Å². The summed E-state index contributed by atoms with van der Waals surface area (Å²) in [5.41, 5.74) is 6.33. The molecule has 7 nitrogen and oxygen atoms in total. The van der Waals surface area contributed by atoms with Gasteiger partial charge in [0.05, 0.1) is 5.69 Å². The second-order valence-electron chi connectivity index (χ2n) is 4.63. The number of aryl methyl sites for hydroxylation is 2. The number of hydrogen-bond donors (Lipinski definition) is 1. The predicted molar refractivity (Wildman–Crippen MR) is 75.2 cm³/mol. The maximum absolute atomic E-state index is 12.1. The first-order valence-electron chi connectivity index (χ1n) is 6.51. The Morgan fingerprint density at radius 2 is 1.88 bits per heavy atom. The highest BCUT2D eigenvalue weighted by atomic mass is 19.4. The molecule has 128 valence electrons. The van der Waals surface area contributed by atoms with E-state index >= 15 is 0 Å². The van der Waals surface area contributed by atoms with Crippen LogP contribution < -0.4 is 10.5 Å². The number of amidine groups is 1. The lowest BCUT2D eigenvalue weighted by Crippen LogP contribution is -2.18. The van der Waals surface area contributed by atoms with Crippen LogP contribution in [0.5, 0.6) is 5.75 Å². The van der Waals surface area contributed by atoms with Crippen LogP contribution in [0.3, 0.4) is 0 Å². The first kappa shape index (κ1) is 17.3. The highest BCUT2D eigenvalue weighted by Gasteiger charge is 2.31. The van der Waals surface area contributed by atoms with Gasteiger partial charge in [0, 0.05) is 5.56 Å². The van der Waals surface area contributed by atoms with Crippen molar-refractivity contribution in [2.75, 3.05) is 0 Å². The van der Waals surface area contributed by atoms with Crippen LogP contribution in [0.15, 0.2) is 33.9 Å². The van der Waals surface area contributed by atoms with E-state index in [0.717, 1.165) is 12.1 Å². The molecule has 0 amide bonds. The standard InChI is InChI=1S/C14H12F3N3O4/c1-7-11(8(2)23-19-7)13(21)24-20-12(18)9-3-5-10(6-4-9)22-14(15,16)17/h3-6H,1-2H3,(H2,18,20). The minimum atomic E-state index is -4.79. The van der Waals surface area contributed by atoms with E-state index in [4.69, 9.17) is 10.3 Å². The molecule has 0 saturated heterocycles. The van der Waals surface area contributed by atoms with Gasteiger partial charge < -0.3 is 19.8 Å². The molecule has 0 aliphatic carbocycles. The average Bonchev–Trinajstić information content (AvgIpc) is 2.83. The van der Waals surface area contributed by atoms with Crippen LogP contribution >= 0.6 is 0 Å². The summed E-state index contributed by atoms with van der Waals surface area (Å²) in [6, 6.07) is 4.59. The Morgan fingerprint density at radius 1 is 1.25 bits per heavy atom. The zero-order valence-corrected chi connectivity index (χ0v) is 12.5. The van der Waals surface area contributed by atoms with Crippen molar-refractivity contribution in [1.82, 2.24) is 5.16 Å². The van der Waals surface area contributed by atoms with Crippen molar-refractivity contribution in [3.05, 3.63) is 46.8 Å². The van der Waals surface area contributed by atoms with Gasteiger partial charge >= 0.3 is 12.3 Å². The van der Waals surface area contributed by atoms with Crippen molar-refractivity contribution < 1.29 is 32.1 Å². The van der Waals surface area contributed by atoms with E-state index in [0.29, 0.717) is 5.69 Å². The quantitative estimate of drug-likeness (QED) is 0.396. The monoisotopic (exact) mass is 343 g/mol. The zero-order chi connectivity index (χ0) is 17.9. The Hall–Kier alpha value is -3.04. The van der Waals surface area contributed by atoms with Gasteiger partial charge in [0.25, 0.3) is 0 Å². The Morgan fingerprint density at radius 3 is 2.38 bits per heavy atom. The molecule has 10 heteroatoms. The summed E-state index contributed by atoms with van der Waals surface area (Å²) in [5, 5.41) is 7.05. The third-order valence-electron chi connectivity index (χ3n) is 2.85. The Kier molecular flexibility index (Phi) is 4.77. The molecule has 0 bridgehead atoms. The first-order chi connectivity index (χ1) is 11.2. The summed E-state index contributed by atoms with van der Waals surface area (Å²) in [7, 11) is 0. The van der Waals surface area contributed by atoms with Gasteiger partial charge in [-0.2, -0.15) is 0 Å². The first-order valence-corrected chi connectivity index (χ1v) is 6.51. The van der Waals surface area contributed by atoms with Gasteiger partial charge in [-0.05, 0) is 38.1 Å². The number of rotatable bonds is 4. The summed E-state index contributed by atoms with van der Waals surface area (Å²) in [5.74, 6) is -1.16. The van der Waals surface area contributed by atoms with Crippen LogP contribution in [-0.2, 0) is 4.84 Å². The van der Waals surface area contributed by atoms with E-state index < -0.39 is 18.1 Å². The number of ether oxygens (including phenoxy) is 1. The molecule has 2 aromatic rings. The van der Waals surface area contributed by atoms with Gasteiger partial charge in [-0.3, -0.25) is 0 Å². The normalized spacial score (nSPS) is 12.1. The van der Waals surface area contributed by atoms with Crippen LogP contribution in [0.2, 0.25) is 0 Å². The van der Waals surface area contributed by atoms with Gasteiger partial charge in [-0.15, -0.1) is 13.2 Å².